The van der Waals surface area contributed by atoms with E-state index in [0.29, 0.717) is 0 Å². The average molecular weight is 566 g/mol. The predicted octanol–water partition coefficient (Wildman–Crippen LogP) is 4.33. The number of halogens is 5. The first-order chi connectivity index (χ1) is 18.3. The van der Waals surface area contributed by atoms with Gasteiger partial charge in [-0.25, -0.2) is 27.2 Å². The number of benzene rings is 1. The van der Waals surface area contributed by atoms with Crippen LogP contribution in [0.15, 0.2) is 53.8 Å². The first-order valence-corrected chi connectivity index (χ1v) is 13.0. The Kier molecular flexibility index (Phi) is 7.76. The second-order valence-electron chi connectivity index (χ2n) is 8.94. The quantitative estimate of drug-likeness (QED) is 0.392. The Bertz CT molecular complexity index is 1520. The van der Waals surface area contributed by atoms with E-state index in [2.05, 4.69) is 15.0 Å². The molecule has 0 amide bonds. The second kappa shape index (κ2) is 10.7. The smallest absolute Gasteiger partial charge is 0.298 e. The Morgan fingerprint density at radius 1 is 1.10 bits per heavy atom. The minimum Gasteiger partial charge on any atom is -0.298 e. The van der Waals surface area contributed by atoms with Gasteiger partial charge in [0.25, 0.3) is 0 Å². The molecule has 4 rings (SSSR count). The zero-order valence-corrected chi connectivity index (χ0v) is 21.0. The van der Waals surface area contributed by atoms with E-state index >= 15 is 0 Å². The summed E-state index contributed by atoms with van der Waals surface area (Å²) in [5.74, 6) is -4.10. The van der Waals surface area contributed by atoms with E-state index in [1.165, 1.54) is 13.0 Å². The maximum atomic E-state index is 14.5. The lowest BCUT2D eigenvalue weighted by Gasteiger charge is -2.27. The zero-order chi connectivity index (χ0) is 28.5. The Balaban J connectivity index is 1.55. The van der Waals surface area contributed by atoms with Gasteiger partial charge in [0.1, 0.15) is 11.6 Å². The molecular formula is C25H20F5N5O3S. The van der Waals surface area contributed by atoms with Crippen LogP contribution in [-0.4, -0.2) is 45.5 Å². The molecule has 0 radical (unpaired) electrons. The highest BCUT2D eigenvalue weighted by Crippen LogP contribution is 2.36. The standard InChI is InChI=1S/C25H20F5N5O3S/c1-14-16(10-31)9-22(35(14)39(37,38)19-5-3-18(26)4-6-19)23(36)7-2-15-8-21(32-13-20(15)27)17-11-33-24(34-12-17)25(28,29)30/h3-6,8,11-14,16,22H,2,7,9H2,1H3/t14-,16-,22-/m0/s1. The molecule has 0 spiro atoms. The molecule has 3 atom stereocenters. The van der Waals surface area contributed by atoms with Gasteiger partial charge in [-0.2, -0.15) is 22.7 Å². The number of nitrogens with zero attached hydrogens (tertiary/aromatic N) is 5. The largest absolute Gasteiger partial charge is 0.451 e. The molecule has 0 saturated carbocycles. The normalized spacial score (nSPS) is 20.1. The molecule has 8 nitrogen and oxygen atoms in total. The van der Waals surface area contributed by atoms with Gasteiger partial charge in [0.05, 0.1) is 34.8 Å². The van der Waals surface area contributed by atoms with Crippen molar-refractivity contribution in [2.24, 2.45) is 5.92 Å². The third kappa shape index (κ3) is 5.79. The summed E-state index contributed by atoms with van der Waals surface area (Å²) < 4.78 is 93.7. The number of ketones is 1. The van der Waals surface area contributed by atoms with Crippen LogP contribution < -0.4 is 0 Å². The number of alkyl halides is 3. The van der Waals surface area contributed by atoms with Crippen molar-refractivity contribution in [1.29, 1.82) is 5.26 Å². The molecule has 0 unspecified atom stereocenters. The van der Waals surface area contributed by atoms with Crippen molar-refractivity contribution in [3.8, 4) is 17.3 Å². The Morgan fingerprint density at radius 2 is 1.74 bits per heavy atom. The minimum absolute atomic E-state index is 0.0177. The fourth-order valence-electron chi connectivity index (χ4n) is 4.41. The third-order valence-corrected chi connectivity index (χ3v) is 8.48. The SMILES string of the molecule is C[C@H]1[C@H](C#N)C[C@@H](C(=O)CCc2cc(-c3cnc(C(F)(F)F)nc3)ncc2F)N1S(=O)(=O)c1ccc(F)cc1. The summed E-state index contributed by atoms with van der Waals surface area (Å²) in [5.41, 5.74) is 0.185. The zero-order valence-electron chi connectivity index (χ0n) is 20.2. The molecule has 1 aliphatic heterocycles. The van der Waals surface area contributed by atoms with Crippen LogP contribution in [0.25, 0.3) is 11.3 Å². The third-order valence-electron chi connectivity index (χ3n) is 6.47. The van der Waals surface area contributed by atoms with Gasteiger partial charge in [-0.3, -0.25) is 9.78 Å². The highest BCUT2D eigenvalue weighted by molar-refractivity contribution is 7.89. The van der Waals surface area contributed by atoms with Crippen LogP contribution in [0.5, 0.6) is 0 Å². The van der Waals surface area contributed by atoms with Gasteiger partial charge in [-0.15, -0.1) is 0 Å². The van der Waals surface area contributed by atoms with E-state index in [9.17, 15) is 40.4 Å². The lowest BCUT2D eigenvalue weighted by Crippen LogP contribution is -2.44. The van der Waals surface area contributed by atoms with Crippen LogP contribution >= 0.6 is 0 Å². The number of nitriles is 1. The molecule has 204 valence electrons. The number of aryl methyl sites for hydroxylation is 1. The molecular weight excluding hydrogens is 545 g/mol. The van der Waals surface area contributed by atoms with E-state index in [1.807, 2.05) is 6.07 Å². The van der Waals surface area contributed by atoms with Gasteiger partial charge < -0.3 is 0 Å². The number of rotatable bonds is 7. The number of carbonyl (C=O) groups is 1. The summed E-state index contributed by atoms with van der Waals surface area (Å²) in [6.07, 6.45) is -2.63. The van der Waals surface area contributed by atoms with Gasteiger partial charge in [0, 0.05) is 30.4 Å². The molecule has 0 N–H and O–H groups in total. The lowest BCUT2D eigenvalue weighted by molar-refractivity contribution is -0.145. The molecule has 0 bridgehead atoms. The van der Waals surface area contributed by atoms with Crippen molar-refractivity contribution < 1.29 is 35.2 Å². The number of carbonyl (C=O) groups excluding carboxylic acids is 1. The van der Waals surface area contributed by atoms with Crippen LogP contribution in [0.2, 0.25) is 0 Å². The first kappa shape index (κ1) is 28.2. The Hall–Kier alpha value is -3.83. The number of aromatic nitrogens is 3. The number of hydrogen-bond donors (Lipinski definition) is 0. The molecule has 1 aliphatic rings. The van der Waals surface area contributed by atoms with Crippen molar-refractivity contribution in [3.05, 3.63) is 71.9 Å². The van der Waals surface area contributed by atoms with Crippen molar-refractivity contribution >= 4 is 15.8 Å². The molecule has 1 aromatic carbocycles. The molecule has 1 saturated heterocycles. The topological polar surface area (TPSA) is 117 Å². The van der Waals surface area contributed by atoms with Crippen LogP contribution in [0.4, 0.5) is 22.0 Å². The predicted molar refractivity (Wildman–Crippen MR) is 126 cm³/mol. The van der Waals surface area contributed by atoms with Crippen LogP contribution in [0.3, 0.4) is 0 Å². The average Bonchev–Trinajstić information content (AvgIpc) is 3.25. The number of sulfonamides is 1. The van der Waals surface area contributed by atoms with E-state index in [0.717, 1.165) is 47.2 Å². The summed E-state index contributed by atoms with van der Waals surface area (Å²) in [4.78, 5) is 23.3. The van der Waals surface area contributed by atoms with E-state index in [1.54, 1.807) is 0 Å². The summed E-state index contributed by atoms with van der Waals surface area (Å²) in [5, 5.41) is 9.51. The molecule has 14 heteroatoms. The Labute approximate surface area is 220 Å². The van der Waals surface area contributed by atoms with Crippen molar-refractivity contribution in [3.63, 3.8) is 0 Å². The molecule has 3 aromatic rings. The first-order valence-electron chi connectivity index (χ1n) is 11.6. The van der Waals surface area contributed by atoms with E-state index in [-0.39, 0.29) is 41.0 Å². The molecule has 2 aromatic heterocycles. The van der Waals surface area contributed by atoms with Crippen molar-refractivity contribution in [2.45, 2.75) is 49.3 Å². The lowest BCUT2D eigenvalue weighted by atomic mass is 9.97. The van der Waals surface area contributed by atoms with Gasteiger partial charge in [0.15, 0.2) is 5.78 Å². The van der Waals surface area contributed by atoms with Gasteiger partial charge in [-0.05, 0) is 55.7 Å². The fourth-order valence-corrected chi connectivity index (χ4v) is 6.26. The maximum absolute atomic E-state index is 14.5. The van der Waals surface area contributed by atoms with Gasteiger partial charge in [0.2, 0.25) is 15.8 Å². The molecule has 3 heterocycles. The van der Waals surface area contributed by atoms with Crippen LogP contribution in [0.1, 0.15) is 31.2 Å². The fraction of sp³-hybridized carbons (Fsp3) is 0.320. The van der Waals surface area contributed by atoms with Crippen molar-refractivity contribution in [2.75, 3.05) is 0 Å². The highest BCUT2D eigenvalue weighted by Gasteiger charge is 2.48. The number of pyridine rings is 1. The monoisotopic (exact) mass is 565 g/mol. The van der Waals surface area contributed by atoms with Gasteiger partial charge >= 0.3 is 6.18 Å². The minimum atomic E-state index is -4.74. The molecule has 1 fully saturated rings. The highest BCUT2D eigenvalue weighted by atomic mass is 32.2. The number of hydrogen-bond acceptors (Lipinski definition) is 7. The van der Waals surface area contributed by atoms with E-state index in [4.69, 9.17) is 0 Å². The van der Waals surface area contributed by atoms with Gasteiger partial charge in [-0.1, -0.05) is 0 Å². The van der Waals surface area contributed by atoms with Crippen LogP contribution in [0, 0.1) is 28.9 Å². The summed E-state index contributed by atoms with van der Waals surface area (Å²) in [7, 11) is -4.27. The second-order valence-corrected chi connectivity index (χ2v) is 10.8. The summed E-state index contributed by atoms with van der Waals surface area (Å²) in [6.45, 7) is 1.50. The summed E-state index contributed by atoms with van der Waals surface area (Å²) in [6, 6.07) is 5.29. The molecule has 0 aliphatic carbocycles. The van der Waals surface area contributed by atoms with E-state index < -0.39 is 57.4 Å². The molecule has 39 heavy (non-hydrogen) atoms. The summed E-state index contributed by atoms with van der Waals surface area (Å²) >= 11 is 0. The maximum Gasteiger partial charge on any atom is 0.451 e. The Morgan fingerprint density at radius 3 is 2.33 bits per heavy atom. The van der Waals surface area contributed by atoms with Crippen LogP contribution in [-0.2, 0) is 27.4 Å². The number of Topliss-reactive ketones (excluding diaryl/α,β-unsaturated/α-hetero) is 1. The van der Waals surface area contributed by atoms with Crippen molar-refractivity contribution in [1.82, 2.24) is 19.3 Å².